The molecule has 168 valence electrons. The molecular formula is C23H29F2N3O3. The number of benzene rings is 1. The number of halogens is 2. The zero-order valence-corrected chi connectivity index (χ0v) is 17.5. The fourth-order valence-corrected chi connectivity index (χ4v) is 6.72. The van der Waals surface area contributed by atoms with Gasteiger partial charge in [-0.1, -0.05) is 6.07 Å². The van der Waals surface area contributed by atoms with Gasteiger partial charge in [0.2, 0.25) is 5.91 Å². The summed E-state index contributed by atoms with van der Waals surface area (Å²) in [6.45, 7) is 1.87. The van der Waals surface area contributed by atoms with Crippen molar-refractivity contribution in [2.75, 3.05) is 19.7 Å². The Kier molecular flexibility index (Phi) is 5.25. The highest BCUT2D eigenvalue weighted by Crippen LogP contribution is 2.59. The maximum Gasteiger partial charge on any atom is 0.250 e. The summed E-state index contributed by atoms with van der Waals surface area (Å²) < 4.78 is 32.4. The Bertz CT molecular complexity index is 879. The monoisotopic (exact) mass is 433 g/mol. The molecule has 3 atom stereocenters. The first kappa shape index (κ1) is 20.8. The summed E-state index contributed by atoms with van der Waals surface area (Å²) in [5.41, 5.74) is 6.05. The second-order valence-electron chi connectivity index (χ2n) is 9.99. The second-order valence-corrected chi connectivity index (χ2v) is 9.99. The molecule has 6 rings (SSSR count). The van der Waals surface area contributed by atoms with Crippen LogP contribution in [0, 0.1) is 34.8 Å². The molecule has 3 N–H and O–H groups in total. The fraction of sp³-hybridized carbons (Fsp3) is 0.652. The minimum Gasteiger partial charge on any atom is -0.369 e. The summed E-state index contributed by atoms with van der Waals surface area (Å²) in [6, 6.07) is 3.96. The number of morpholine rings is 1. The molecule has 1 aromatic rings. The minimum atomic E-state index is -0.865. The third-order valence-electron chi connectivity index (χ3n) is 7.94. The Morgan fingerprint density at radius 3 is 2.58 bits per heavy atom. The highest BCUT2D eigenvalue weighted by Gasteiger charge is 2.58. The van der Waals surface area contributed by atoms with E-state index in [1.54, 1.807) is 6.07 Å². The lowest BCUT2D eigenvalue weighted by Crippen LogP contribution is -2.63. The number of carbonyl (C=O) groups is 2. The number of nitrogens with zero attached hydrogens (tertiary/aromatic N) is 1. The van der Waals surface area contributed by atoms with E-state index in [2.05, 4.69) is 5.32 Å². The summed E-state index contributed by atoms with van der Waals surface area (Å²) in [6.07, 6.45) is 3.94. The van der Waals surface area contributed by atoms with E-state index in [1.165, 1.54) is 6.07 Å². The highest BCUT2D eigenvalue weighted by molar-refractivity contribution is 5.83. The molecule has 0 spiro atoms. The largest absolute Gasteiger partial charge is 0.369 e. The van der Waals surface area contributed by atoms with Gasteiger partial charge in [-0.15, -0.1) is 0 Å². The third kappa shape index (κ3) is 3.84. The zero-order valence-electron chi connectivity index (χ0n) is 17.5. The van der Waals surface area contributed by atoms with Crippen LogP contribution in [0.1, 0.15) is 37.7 Å². The van der Waals surface area contributed by atoms with Gasteiger partial charge >= 0.3 is 0 Å². The van der Waals surface area contributed by atoms with Crippen LogP contribution >= 0.6 is 0 Å². The molecule has 4 saturated carbocycles. The van der Waals surface area contributed by atoms with E-state index in [-0.39, 0.29) is 23.3 Å². The van der Waals surface area contributed by atoms with Crippen molar-refractivity contribution in [1.29, 1.82) is 0 Å². The van der Waals surface area contributed by atoms with Crippen LogP contribution in [0.3, 0.4) is 0 Å². The van der Waals surface area contributed by atoms with Crippen LogP contribution in [-0.2, 0) is 20.9 Å². The van der Waals surface area contributed by atoms with Gasteiger partial charge in [-0.05, 0) is 67.6 Å². The first-order valence-electron chi connectivity index (χ1n) is 11.2. The van der Waals surface area contributed by atoms with Gasteiger partial charge in [-0.25, -0.2) is 8.78 Å². The molecule has 2 unspecified atom stereocenters. The van der Waals surface area contributed by atoms with Crippen LogP contribution in [0.25, 0.3) is 0 Å². The summed E-state index contributed by atoms with van der Waals surface area (Å²) in [5, 5.41) is 3.24. The topological polar surface area (TPSA) is 84.7 Å². The lowest BCUT2D eigenvalue weighted by Gasteiger charge is -2.59. The Morgan fingerprint density at radius 1 is 1.16 bits per heavy atom. The van der Waals surface area contributed by atoms with Crippen LogP contribution < -0.4 is 11.1 Å². The van der Waals surface area contributed by atoms with E-state index in [0.717, 1.165) is 38.2 Å². The zero-order chi connectivity index (χ0) is 21.8. The normalized spacial score (nSPS) is 37.0. The van der Waals surface area contributed by atoms with Crippen LogP contribution in [0.4, 0.5) is 8.78 Å². The predicted octanol–water partition coefficient (Wildman–Crippen LogP) is 1.96. The van der Waals surface area contributed by atoms with Crippen molar-refractivity contribution in [2.24, 2.45) is 28.9 Å². The molecule has 0 aromatic heterocycles. The van der Waals surface area contributed by atoms with E-state index in [4.69, 9.17) is 10.5 Å². The van der Waals surface area contributed by atoms with E-state index >= 15 is 0 Å². The summed E-state index contributed by atoms with van der Waals surface area (Å²) in [7, 11) is 0. The van der Waals surface area contributed by atoms with Crippen molar-refractivity contribution < 1.29 is 23.1 Å². The number of hydrogen-bond donors (Lipinski definition) is 2. The molecule has 2 amide bonds. The van der Waals surface area contributed by atoms with Crippen molar-refractivity contribution in [3.8, 4) is 0 Å². The van der Waals surface area contributed by atoms with Crippen LogP contribution in [0.5, 0.6) is 0 Å². The molecule has 5 fully saturated rings. The second kappa shape index (κ2) is 7.81. The summed E-state index contributed by atoms with van der Waals surface area (Å²) in [5.74, 6) is -0.905. The van der Waals surface area contributed by atoms with Crippen molar-refractivity contribution in [2.45, 2.75) is 50.8 Å². The van der Waals surface area contributed by atoms with Gasteiger partial charge in [0, 0.05) is 31.1 Å². The number of hydrogen-bond acceptors (Lipinski definition) is 4. The Morgan fingerprint density at radius 2 is 1.90 bits per heavy atom. The number of primary amides is 1. The number of nitrogens with two attached hydrogens (primary N) is 1. The van der Waals surface area contributed by atoms with Crippen LogP contribution in [-0.4, -0.2) is 48.6 Å². The standard InChI is InChI=1S/C23H29F2N3O3/c24-17-2-1-13(7-18(17)25)11-28-3-4-31-19(12-28)21(29)27-20-15-5-14-6-16(20)10-23(8-14,9-15)22(26)30/h1-2,7,14-16,19-20H,3-6,8-12H2,(H2,26,30)(H,27,29)/t14?,15?,16?,19-,20?,23?/m1/s1. The van der Waals surface area contributed by atoms with Crippen LogP contribution in [0.15, 0.2) is 18.2 Å². The quantitative estimate of drug-likeness (QED) is 0.744. The number of rotatable bonds is 5. The molecule has 1 aromatic carbocycles. The molecule has 1 aliphatic heterocycles. The van der Waals surface area contributed by atoms with Crippen molar-refractivity contribution in [3.05, 3.63) is 35.4 Å². The first-order chi connectivity index (χ1) is 14.8. The molecule has 6 nitrogen and oxygen atoms in total. The van der Waals surface area contributed by atoms with Gasteiger partial charge in [0.15, 0.2) is 11.6 Å². The average molecular weight is 433 g/mol. The molecular weight excluding hydrogens is 404 g/mol. The Balaban J connectivity index is 1.21. The fourth-order valence-electron chi connectivity index (χ4n) is 6.72. The molecule has 0 radical (unpaired) electrons. The molecule has 4 aliphatic carbocycles. The number of nitrogens with one attached hydrogen (secondary N) is 1. The van der Waals surface area contributed by atoms with Crippen molar-refractivity contribution in [1.82, 2.24) is 10.2 Å². The van der Waals surface area contributed by atoms with Crippen LogP contribution in [0.2, 0.25) is 0 Å². The smallest absolute Gasteiger partial charge is 0.250 e. The van der Waals surface area contributed by atoms with Gasteiger partial charge in [-0.2, -0.15) is 0 Å². The van der Waals surface area contributed by atoms with E-state index in [1.807, 2.05) is 4.90 Å². The van der Waals surface area contributed by atoms with E-state index in [9.17, 15) is 18.4 Å². The highest BCUT2D eigenvalue weighted by atomic mass is 19.2. The predicted molar refractivity (Wildman–Crippen MR) is 108 cm³/mol. The first-order valence-corrected chi connectivity index (χ1v) is 11.2. The van der Waals surface area contributed by atoms with Gasteiger partial charge < -0.3 is 15.8 Å². The molecule has 1 heterocycles. The Labute approximate surface area is 180 Å². The number of ether oxygens (including phenoxy) is 1. The van der Waals surface area contributed by atoms with Gasteiger partial charge in [-0.3, -0.25) is 14.5 Å². The van der Waals surface area contributed by atoms with Crippen molar-refractivity contribution in [3.63, 3.8) is 0 Å². The third-order valence-corrected chi connectivity index (χ3v) is 7.94. The number of carbonyl (C=O) groups excluding carboxylic acids is 2. The maximum absolute atomic E-state index is 13.5. The molecule has 8 heteroatoms. The number of amides is 2. The van der Waals surface area contributed by atoms with E-state index < -0.39 is 17.7 Å². The molecule has 31 heavy (non-hydrogen) atoms. The molecule has 5 aliphatic rings. The summed E-state index contributed by atoms with van der Waals surface area (Å²) >= 11 is 0. The van der Waals surface area contributed by atoms with Gasteiger partial charge in [0.05, 0.1) is 6.61 Å². The minimum absolute atomic E-state index is 0.0710. The van der Waals surface area contributed by atoms with Gasteiger partial charge in [0.25, 0.3) is 5.91 Å². The lowest BCUT2D eigenvalue weighted by molar-refractivity contribution is -0.151. The Hall–Kier alpha value is -2.06. The lowest BCUT2D eigenvalue weighted by atomic mass is 9.47. The van der Waals surface area contributed by atoms with Gasteiger partial charge in [0.1, 0.15) is 6.10 Å². The summed E-state index contributed by atoms with van der Waals surface area (Å²) in [4.78, 5) is 27.2. The molecule has 1 saturated heterocycles. The van der Waals surface area contributed by atoms with Crippen molar-refractivity contribution >= 4 is 11.8 Å². The SMILES string of the molecule is NC(=O)C12CC3CC(C1)C(NC(=O)[C@H]1CN(Cc4ccc(F)c(F)c4)CCO1)C(C3)C2. The maximum atomic E-state index is 13.5. The molecule has 4 bridgehead atoms. The van der Waals surface area contributed by atoms with E-state index in [0.29, 0.717) is 49.6 Å². The average Bonchev–Trinajstić information content (AvgIpc) is 2.73.